The third kappa shape index (κ3) is 3.80. The summed E-state index contributed by atoms with van der Waals surface area (Å²) in [5, 5.41) is 3.41. The summed E-state index contributed by atoms with van der Waals surface area (Å²) in [6.45, 7) is 2.88. The minimum atomic E-state index is -2.92. The number of hydrogen-bond donors (Lipinski definition) is 1. The van der Waals surface area contributed by atoms with Crippen molar-refractivity contribution in [2.45, 2.75) is 25.8 Å². The predicted molar refractivity (Wildman–Crippen MR) is 81.9 cm³/mol. The lowest BCUT2D eigenvalue weighted by molar-refractivity contribution is 0.391. The highest BCUT2D eigenvalue weighted by atomic mass is 79.9. The fourth-order valence-electron chi connectivity index (χ4n) is 2.67. The lowest BCUT2D eigenvalue weighted by Crippen LogP contribution is -2.30. The first kappa shape index (κ1) is 15.9. The maximum absolute atomic E-state index is 13.2. The molecule has 1 saturated heterocycles. The van der Waals surface area contributed by atoms with Crippen LogP contribution in [-0.4, -0.2) is 26.5 Å². The van der Waals surface area contributed by atoms with E-state index in [1.807, 2.05) is 0 Å². The van der Waals surface area contributed by atoms with Gasteiger partial charge in [-0.1, -0.05) is 28.9 Å². The number of sulfone groups is 1. The Bertz CT molecular complexity index is 577. The first-order valence-corrected chi connectivity index (χ1v) is 9.43. The molecule has 0 aromatic heterocycles. The first-order chi connectivity index (χ1) is 9.43. The van der Waals surface area contributed by atoms with Crippen molar-refractivity contribution in [3.05, 3.63) is 34.1 Å². The normalized spacial score (nSPS) is 22.9. The maximum Gasteiger partial charge on any atom is 0.150 e. The second-order valence-electron chi connectivity index (χ2n) is 5.26. The Kier molecular flexibility index (Phi) is 5.20. The van der Waals surface area contributed by atoms with Crippen molar-refractivity contribution in [3.63, 3.8) is 0 Å². The second-order valence-corrected chi connectivity index (χ2v) is 8.34. The van der Waals surface area contributed by atoms with Crippen LogP contribution in [0.2, 0.25) is 0 Å². The van der Waals surface area contributed by atoms with E-state index in [1.54, 1.807) is 6.07 Å². The van der Waals surface area contributed by atoms with Gasteiger partial charge in [0.25, 0.3) is 0 Å². The Labute approximate surface area is 128 Å². The molecule has 0 radical (unpaired) electrons. The van der Waals surface area contributed by atoms with Crippen molar-refractivity contribution in [2.24, 2.45) is 5.92 Å². The Hall–Kier alpha value is -0.460. The van der Waals surface area contributed by atoms with Crippen LogP contribution < -0.4 is 5.32 Å². The summed E-state index contributed by atoms with van der Waals surface area (Å²) >= 11 is 3.39. The number of halogens is 2. The summed E-state index contributed by atoms with van der Waals surface area (Å²) in [6, 6.07) is 4.53. The Balaban J connectivity index is 2.27. The SMILES string of the molecule is CCCNC(c1ccc(F)cc1Br)C1CCS(=O)(=O)C1. The molecule has 0 aliphatic carbocycles. The van der Waals surface area contributed by atoms with E-state index in [0.29, 0.717) is 10.9 Å². The average molecular weight is 364 g/mol. The monoisotopic (exact) mass is 363 g/mol. The van der Waals surface area contributed by atoms with Crippen LogP contribution >= 0.6 is 15.9 Å². The van der Waals surface area contributed by atoms with Crippen molar-refractivity contribution in [3.8, 4) is 0 Å². The Morgan fingerprint density at radius 2 is 2.25 bits per heavy atom. The highest BCUT2D eigenvalue weighted by molar-refractivity contribution is 9.10. The van der Waals surface area contributed by atoms with Gasteiger partial charge in [0.15, 0.2) is 9.84 Å². The first-order valence-electron chi connectivity index (χ1n) is 6.81. The molecule has 1 N–H and O–H groups in total. The molecule has 1 aromatic carbocycles. The molecule has 1 aromatic rings. The van der Waals surface area contributed by atoms with Crippen molar-refractivity contribution in [2.75, 3.05) is 18.1 Å². The number of benzene rings is 1. The molecule has 1 aliphatic heterocycles. The van der Waals surface area contributed by atoms with E-state index >= 15 is 0 Å². The zero-order valence-electron chi connectivity index (χ0n) is 11.4. The zero-order valence-corrected chi connectivity index (χ0v) is 13.8. The number of rotatable bonds is 5. The van der Waals surface area contributed by atoms with Crippen LogP contribution in [0.15, 0.2) is 22.7 Å². The van der Waals surface area contributed by atoms with E-state index in [2.05, 4.69) is 28.2 Å². The summed E-state index contributed by atoms with van der Waals surface area (Å²) in [5.41, 5.74) is 0.932. The molecule has 0 saturated carbocycles. The summed E-state index contributed by atoms with van der Waals surface area (Å²) in [4.78, 5) is 0. The van der Waals surface area contributed by atoms with Gasteiger partial charge < -0.3 is 5.32 Å². The van der Waals surface area contributed by atoms with E-state index < -0.39 is 9.84 Å². The van der Waals surface area contributed by atoms with E-state index in [4.69, 9.17) is 0 Å². The topological polar surface area (TPSA) is 46.2 Å². The van der Waals surface area contributed by atoms with E-state index in [1.165, 1.54) is 12.1 Å². The molecule has 2 unspecified atom stereocenters. The van der Waals surface area contributed by atoms with Gasteiger partial charge >= 0.3 is 0 Å². The van der Waals surface area contributed by atoms with Crippen LogP contribution in [0.4, 0.5) is 4.39 Å². The lowest BCUT2D eigenvalue weighted by atomic mass is 9.92. The van der Waals surface area contributed by atoms with Crippen LogP contribution in [0.3, 0.4) is 0 Å². The third-order valence-corrected chi connectivity index (χ3v) is 6.13. The molecule has 2 atom stereocenters. The molecule has 1 heterocycles. The second kappa shape index (κ2) is 6.54. The predicted octanol–water partition coefficient (Wildman–Crippen LogP) is 3.06. The molecule has 6 heteroatoms. The molecular weight excluding hydrogens is 345 g/mol. The molecule has 1 aliphatic rings. The van der Waals surface area contributed by atoms with Gasteiger partial charge in [0.2, 0.25) is 0 Å². The molecule has 2 rings (SSSR count). The average Bonchev–Trinajstić information content (AvgIpc) is 2.72. The van der Waals surface area contributed by atoms with Crippen LogP contribution in [0, 0.1) is 11.7 Å². The summed E-state index contributed by atoms with van der Waals surface area (Å²) in [7, 11) is -2.92. The molecule has 112 valence electrons. The van der Waals surface area contributed by atoms with Gasteiger partial charge in [-0.25, -0.2) is 12.8 Å². The van der Waals surface area contributed by atoms with Crippen molar-refractivity contribution >= 4 is 25.8 Å². The number of hydrogen-bond acceptors (Lipinski definition) is 3. The third-order valence-electron chi connectivity index (χ3n) is 3.65. The summed E-state index contributed by atoms with van der Waals surface area (Å²) < 4.78 is 37.3. The fraction of sp³-hybridized carbons (Fsp3) is 0.571. The minimum Gasteiger partial charge on any atom is -0.310 e. The Morgan fingerprint density at radius 1 is 1.50 bits per heavy atom. The zero-order chi connectivity index (χ0) is 14.8. The highest BCUT2D eigenvalue weighted by Crippen LogP contribution is 2.35. The van der Waals surface area contributed by atoms with Gasteiger partial charge in [-0.05, 0) is 43.0 Å². The van der Waals surface area contributed by atoms with Crippen molar-refractivity contribution in [1.82, 2.24) is 5.32 Å². The van der Waals surface area contributed by atoms with Gasteiger partial charge in [-0.3, -0.25) is 0 Å². The van der Waals surface area contributed by atoms with Crippen LogP contribution in [0.5, 0.6) is 0 Å². The highest BCUT2D eigenvalue weighted by Gasteiger charge is 2.34. The standard InChI is InChI=1S/C14H19BrFNO2S/c1-2-6-17-14(10-5-7-20(18,19)9-10)12-4-3-11(16)8-13(12)15/h3-4,8,10,14,17H,2,5-7,9H2,1H3. The van der Waals surface area contributed by atoms with Crippen LogP contribution in [0.1, 0.15) is 31.4 Å². The summed E-state index contributed by atoms with van der Waals surface area (Å²) in [5.74, 6) is 0.209. The fourth-order valence-corrected chi connectivity index (χ4v) is 5.11. The Morgan fingerprint density at radius 3 is 2.80 bits per heavy atom. The van der Waals surface area contributed by atoms with Gasteiger partial charge in [-0.2, -0.15) is 0 Å². The van der Waals surface area contributed by atoms with E-state index in [0.717, 1.165) is 18.5 Å². The van der Waals surface area contributed by atoms with Crippen molar-refractivity contribution < 1.29 is 12.8 Å². The largest absolute Gasteiger partial charge is 0.310 e. The molecular formula is C14H19BrFNO2S. The number of nitrogens with one attached hydrogen (secondary N) is 1. The summed E-state index contributed by atoms with van der Waals surface area (Å²) in [6.07, 6.45) is 1.63. The molecule has 0 amide bonds. The molecule has 20 heavy (non-hydrogen) atoms. The molecule has 0 spiro atoms. The maximum atomic E-state index is 13.2. The van der Waals surface area contributed by atoms with Crippen LogP contribution in [0.25, 0.3) is 0 Å². The lowest BCUT2D eigenvalue weighted by Gasteiger charge is -2.25. The van der Waals surface area contributed by atoms with Gasteiger partial charge in [0, 0.05) is 10.5 Å². The van der Waals surface area contributed by atoms with Gasteiger partial charge in [-0.15, -0.1) is 0 Å². The molecule has 1 fully saturated rings. The van der Waals surface area contributed by atoms with E-state index in [9.17, 15) is 12.8 Å². The minimum absolute atomic E-state index is 0.0494. The quantitative estimate of drug-likeness (QED) is 0.874. The molecule has 0 bridgehead atoms. The molecule has 3 nitrogen and oxygen atoms in total. The van der Waals surface area contributed by atoms with Crippen LogP contribution in [-0.2, 0) is 9.84 Å². The van der Waals surface area contributed by atoms with Crippen molar-refractivity contribution in [1.29, 1.82) is 0 Å². The van der Waals surface area contributed by atoms with E-state index in [-0.39, 0.29) is 29.3 Å². The van der Waals surface area contributed by atoms with Gasteiger partial charge in [0.05, 0.1) is 11.5 Å². The van der Waals surface area contributed by atoms with Gasteiger partial charge in [0.1, 0.15) is 5.82 Å². The smallest absolute Gasteiger partial charge is 0.150 e.